The largest absolute Gasteiger partial charge is 0.379 e. The predicted octanol–water partition coefficient (Wildman–Crippen LogP) is 4.40. The van der Waals surface area contributed by atoms with E-state index in [0.29, 0.717) is 15.8 Å². The van der Waals surface area contributed by atoms with Gasteiger partial charge in [0.05, 0.1) is 11.2 Å². The number of carbonyl (C=O) groups excluding carboxylic acids is 1. The van der Waals surface area contributed by atoms with Crippen LogP contribution in [0.1, 0.15) is 29.3 Å². The molecule has 0 saturated carbocycles. The molecule has 2 aromatic rings. The molecule has 0 aliphatic carbocycles. The van der Waals surface area contributed by atoms with Gasteiger partial charge in [-0.25, -0.2) is 4.39 Å². The second-order valence-corrected chi connectivity index (χ2v) is 7.53. The van der Waals surface area contributed by atoms with E-state index in [1.165, 1.54) is 17.8 Å². The molecule has 0 fully saturated rings. The molecule has 1 aliphatic rings. The number of halogens is 2. The highest BCUT2D eigenvalue weighted by Gasteiger charge is 2.30. The van der Waals surface area contributed by atoms with E-state index in [0.717, 1.165) is 17.7 Å². The number of aliphatic imine (C=N–C) groups is 1. The second kappa shape index (κ2) is 7.06. The van der Waals surface area contributed by atoms with E-state index < -0.39 is 17.3 Å². The third-order valence-corrected chi connectivity index (χ3v) is 5.19. The van der Waals surface area contributed by atoms with Crippen LogP contribution >= 0.6 is 23.4 Å². The first-order chi connectivity index (χ1) is 11.9. The minimum Gasteiger partial charge on any atom is -0.379 e. The highest BCUT2D eigenvalue weighted by atomic mass is 35.5. The fourth-order valence-corrected chi connectivity index (χ4v) is 3.75. The molecule has 0 radical (unpaired) electrons. The normalized spacial score (nSPS) is 20.0. The Bertz CT molecular complexity index is 841. The minimum absolute atomic E-state index is 0.116. The Hall–Kier alpha value is -2.05. The number of benzene rings is 2. The quantitative estimate of drug-likeness (QED) is 0.833. The van der Waals surface area contributed by atoms with E-state index in [9.17, 15) is 9.18 Å². The zero-order valence-corrected chi connectivity index (χ0v) is 15.1. The van der Waals surface area contributed by atoms with Crippen molar-refractivity contribution in [2.75, 3.05) is 11.1 Å². The molecule has 0 saturated heterocycles. The van der Waals surface area contributed by atoms with Gasteiger partial charge in [0.15, 0.2) is 5.17 Å². The Labute approximate surface area is 154 Å². The molecule has 4 nitrogen and oxygen atoms in total. The van der Waals surface area contributed by atoms with Crippen LogP contribution in [0.25, 0.3) is 0 Å². The summed E-state index contributed by atoms with van der Waals surface area (Å²) in [6.45, 7) is 1.96. The van der Waals surface area contributed by atoms with Gasteiger partial charge >= 0.3 is 0 Å². The molecule has 3 N–H and O–H groups in total. The Morgan fingerprint density at radius 2 is 2.04 bits per heavy atom. The lowest BCUT2D eigenvalue weighted by Crippen LogP contribution is -2.29. The van der Waals surface area contributed by atoms with Gasteiger partial charge in [0, 0.05) is 16.3 Å². The number of rotatable bonds is 3. The van der Waals surface area contributed by atoms with E-state index >= 15 is 0 Å². The third kappa shape index (κ3) is 3.96. The van der Waals surface area contributed by atoms with Crippen molar-refractivity contribution in [2.45, 2.75) is 18.9 Å². The van der Waals surface area contributed by atoms with E-state index in [-0.39, 0.29) is 5.69 Å². The number of nitrogens with zero attached hydrogens (tertiary/aromatic N) is 1. The highest BCUT2D eigenvalue weighted by molar-refractivity contribution is 8.13. The monoisotopic (exact) mass is 377 g/mol. The second-order valence-electron chi connectivity index (χ2n) is 5.98. The SMILES string of the molecule is CC1(c2ccc(F)c(NC(=O)c3ccc(Cl)cc3)c2)CCSC(N)=N1. The molecular formula is C18H17ClFN3OS. The molecule has 130 valence electrons. The molecule has 25 heavy (non-hydrogen) atoms. The summed E-state index contributed by atoms with van der Waals surface area (Å²) >= 11 is 7.32. The minimum atomic E-state index is -0.525. The van der Waals surface area contributed by atoms with Crippen LogP contribution in [0.15, 0.2) is 47.5 Å². The summed E-state index contributed by atoms with van der Waals surface area (Å²) in [6, 6.07) is 11.0. The van der Waals surface area contributed by atoms with Gasteiger partial charge in [-0.3, -0.25) is 9.79 Å². The van der Waals surface area contributed by atoms with Crippen molar-refractivity contribution in [1.82, 2.24) is 0 Å². The lowest BCUT2D eigenvalue weighted by molar-refractivity contribution is 0.102. The van der Waals surface area contributed by atoms with Gasteiger partial charge in [0.25, 0.3) is 5.91 Å². The number of anilines is 1. The van der Waals surface area contributed by atoms with Gasteiger partial charge in [-0.15, -0.1) is 0 Å². The molecule has 0 bridgehead atoms. The molecule has 3 rings (SSSR count). The number of nitrogens with two attached hydrogens (primary N) is 1. The lowest BCUT2D eigenvalue weighted by Gasteiger charge is -2.30. The average Bonchev–Trinajstić information content (AvgIpc) is 2.57. The fraction of sp³-hybridized carbons (Fsp3) is 0.222. The smallest absolute Gasteiger partial charge is 0.255 e. The van der Waals surface area contributed by atoms with Crippen LogP contribution < -0.4 is 11.1 Å². The van der Waals surface area contributed by atoms with E-state index in [4.69, 9.17) is 17.3 Å². The zero-order valence-electron chi connectivity index (χ0n) is 13.6. The standard InChI is InChI=1S/C18H17ClFN3OS/c1-18(8-9-25-17(21)23-18)12-4-7-14(20)15(10-12)22-16(24)11-2-5-13(19)6-3-11/h2-7,10H,8-9H2,1H3,(H2,21,23)(H,22,24). The number of amidine groups is 1. The maximum Gasteiger partial charge on any atom is 0.255 e. The van der Waals surface area contributed by atoms with Gasteiger partial charge in [-0.05, 0) is 55.3 Å². The van der Waals surface area contributed by atoms with Gasteiger partial charge < -0.3 is 11.1 Å². The summed E-state index contributed by atoms with van der Waals surface area (Å²) in [4.78, 5) is 16.8. The van der Waals surface area contributed by atoms with Crippen molar-refractivity contribution in [3.8, 4) is 0 Å². The lowest BCUT2D eigenvalue weighted by atomic mass is 9.89. The number of carbonyl (C=O) groups is 1. The van der Waals surface area contributed by atoms with Crippen LogP contribution in [0, 0.1) is 5.82 Å². The maximum atomic E-state index is 14.2. The van der Waals surface area contributed by atoms with Crippen LogP contribution in [0.5, 0.6) is 0 Å². The summed E-state index contributed by atoms with van der Waals surface area (Å²) in [5.41, 5.74) is 6.64. The first-order valence-electron chi connectivity index (χ1n) is 7.72. The van der Waals surface area contributed by atoms with Gasteiger partial charge in [-0.1, -0.05) is 29.4 Å². The first kappa shape index (κ1) is 17.8. The van der Waals surface area contributed by atoms with Crippen LogP contribution in [0.4, 0.5) is 10.1 Å². The molecule has 2 aromatic carbocycles. The Morgan fingerprint density at radius 3 is 2.72 bits per heavy atom. The molecular weight excluding hydrogens is 361 g/mol. The predicted molar refractivity (Wildman–Crippen MR) is 102 cm³/mol. The van der Waals surface area contributed by atoms with Crippen molar-refractivity contribution >= 4 is 40.1 Å². The topological polar surface area (TPSA) is 67.5 Å². The molecule has 1 heterocycles. The number of hydrogen-bond acceptors (Lipinski definition) is 4. The van der Waals surface area contributed by atoms with Crippen molar-refractivity contribution in [2.24, 2.45) is 10.7 Å². The molecule has 7 heteroatoms. The molecule has 0 spiro atoms. The third-order valence-electron chi connectivity index (χ3n) is 4.14. The summed E-state index contributed by atoms with van der Waals surface area (Å²) < 4.78 is 14.2. The highest BCUT2D eigenvalue weighted by Crippen LogP contribution is 2.36. The summed E-state index contributed by atoms with van der Waals surface area (Å²) in [7, 11) is 0. The average molecular weight is 378 g/mol. The number of hydrogen-bond donors (Lipinski definition) is 2. The number of thioether (sulfide) groups is 1. The molecule has 1 unspecified atom stereocenters. The summed E-state index contributed by atoms with van der Waals surface area (Å²) in [5.74, 6) is -0.0627. The van der Waals surface area contributed by atoms with E-state index in [1.54, 1.807) is 36.4 Å². The van der Waals surface area contributed by atoms with Gasteiger partial charge in [0.1, 0.15) is 5.82 Å². The van der Waals surface area contributed by atoms with Crippen molar-refractivity contribution in [1.29, 1.82) is 0 Å². The van der Waals surface area contributed by atoms with Crippen LogP contribution in [-0.2, 0) is 5.54 Å². The molecule has 1 amide bonds. The van der Waals surface area contributed by atoms with Crippen molar-refractivity contribution in [3.05, 3.63) is 64.4 Å². The molecule has 0 aromatic heterocycles. The fourth-order valence-electron chi connectivity index (χ4n) is 2.65. The van der Waals surface area contributed by atoms with Crippen molar-refractivity contribution in [3.63, 3.8) is 0 Å². The molecule has 1 aliphatic heterocycles. The Kier molecular flexibility index (Phi) is 5.01. The van der Waals surface area contributed by atoms with Gasteiger partial charge in [-0.2, -0.15) is 0 Å². The van der Waals surface area contributed by atoms with Crippen LogP contribution in [0.3, 0.4) is 0 Å². The van der Waals surface area contributed by atoms with E-state index in [1.807, 2.05) is 6.92 Å². The van der Waals surface area contributed by atoms with Gasteiger partial charge in [0.2, 0.25) is 0 Å². The number of amides is 1. The first-order valence-corrected chi connectivity index (χ1v) is 9.09. The van der Waals surface area contributed by atoms with Crippen LogP contribution in [-0.4, -0.2) is 16.8 Å². The number of nitrogens with one attached hydrogen (secondary N) is 1. The van der Waals surface area contributed by atoms with E-state index in [2.05, 4.69) is 10.3 Å². The zero-order chi connectivity index (χ0) is 18.0. The van der Waals surface area contributed by atoms with Crippen molar-refractivity contribution < 1.29 is 9.18 Å². The maximum absolute atomic E-state index is 14.2. The summed E-state index contributed by atoms with van der Waals surface area (Å²) in [5, 5.41) is 3.66. The Balaban J connectivity index is 1.88. The summed E-state index contributed by atoms with van der Waals surface area (Å²) in [6.07, 6.45) is 0.786. The Morgan fingerprint density at radius 1 is 1.32 bits per heavy atom. The van der Waals surface area contributed by atoms with Crippen LogP contribution in [0.2, 0.25) is 5.02 Å². The molecule has 1 atom stereocenters.